The number of nitrogens with one attached hydrogen (secondary N) is 2. The SMILES string of the molecule is O=C(NN=Cc1cn[nH]c1-c1cccc(Cl)c1)c1ccncc1. The van der Waals surface area contributed by atoms with Crippen molar-refractivity contribution in [2.75, 3.05) is 0 Å². The second-order valence-corrected chi connectivity index (χ2v) is 5.08. The van der Waals surface area contributed by atoms with Crippen molar-refractivity contribution in [2.24, 2.45) is 5.10 Å². The molecule has 3 aromatic rings. The van der Waals surface area contributed by atoms with E-state index in [1.165, 1.54) is 6.21 Å². The number of hydrogen-bond acceptors (Lipinski definition) is 4. The molecular formula is C16H12ClN5O. The Kier molecular flexibility index (Phi) is 4.44. The van der Waals surface area contributed by atoms with E-state index < -0.39 is 0 Å². The van der Waals surface area contributed by atoms with Crippen LogP contribution in [-0.2, 0) is 0 Å². The first-order chi connectivity index (χ1) is 11.2. The molecule has 23 heavy (non-hydrogen) atoms. The molecule has 0 aliphatic carbocycles. The van der Waals surface area contributed by atoms with Crippen LogP contribution in [0.1, 0.15) is 15.9 Å². The van der Waals surface area contributed by atoms with Gasteiger partial charge >= 0.3 is 0 Å². The molecule has 0 spiro atoms. The van der Waals surface area contributed by atoms with E-state index in [4.69, 9.17) is 11.6 Å². The summed E-state index contributed by atoms with van der Waals surface area (Å²) in [6.07, 6.45) is 6.25. The molecule has 3 rings (SSSR count). The van der Waals surface area contributed by atoms with E-state index >= 15 is 0 Å². The lowest BCUT2D eigenvalue weighted by atomic mass is 10.1. The first-order valence-corrected chi connectivity index (χ1v) is 7.14. The van der Waals surface area contributed by atoms with Crippen molar-refractivity contribution in [1.29, 1.82) is 0 Å². The number of halogens is 1. The minimum Gasteiger partial charge on any atom is -0.277 e. The number of aromatic amines is 1. The maximum atomic E-state index is 11.9. The van der Waals surface area contributed by atoms with Gasteiger partial charge in [0.15, 0.2) is 0 Å². The monoisotopic (exact) mass is 325 g/mol. The molecule has 114 valence electrons. The van der Waals surface area contributed by atoms with Gasteiger partial charge in [-0.05, 0) is 24.3 Å². The second kappa shape index (κ2) is 6.85. The Labute approximate surface area is 137 Å². The van der Waals surface area contributed by atoms with Crippen LogP contribution >= 0.6 is 11.6 Å². The largest absolute Gasteiger partial charge is 0.277 e. The molecule has 6 nitrogen and oxygen atoms in total. The fourth-order valence-corrected chi connectivity index (χ4v) is 2.19. The number of carbonyl (C=O) groups is 1. The Bertz CT molecular complexity index is 844. The Balaban J connectivity index is 1.74. The quantitative estimate of drug-likeness (QED) is 0.571. The molecule has 1 amide bonds. The molecule has 0 unspecified atom stereocenters. The van der Waals surface area contributed by atoms with Crippen molar-refractivity contribution < 1.29 is 4.79 Å². The Hall–Kier alpha value is -2.99. The summed E-state index contributed by atoms with van der Waals surface area (Å²) in [5.74, 6) is -0.309. The van der Waals surface area contributed by atoms with Crippen LogP contribution < -0.4 is 5.43 Å². The van der Waals surface area contributed by atoms with Crippen LogP contribution in [0.2, 0.25) is 5.02 Å². The summed E-state index contributed by atoms with van der Waals surface area (Å²) in [6.45, 7) is 0. The minimum atomic E-state index is -0.309. The predicted molar refractivity (Wildman–Crippen MR) is 88.3 cm³/mol. The molecule has 0 bridgehead atoms. The smallest absolute Gasteiger partial charge is 0.271 e. The third-order valence-electron chi connectivity index (χ3n) is 3.09. The fourth-order valence-electron chi connectivity index (χ4n) is 2.00. The highest BCUT2D eigenvalue weighted by molar-refractivity contribution is 6.30. The van der Waals surface area contributed by atoms with Gasteiger partial charge in [0, 0.05) is 34.1 Å². The van der Waals surface area contributed by atoms with Gasteiger partial charge in [-0.25, -0.2) is 5.43 Å². The van der Waals surface area contributed by atoms with Crippen molar-refractivity contribution in [1.82, 2.24) is 20.6 Å². The average Bonchev–Trinajstić information content (AvgIpc) is 3.04. The van der Waals surface area contributed by atoms with Gasteiger partial charge in [-0.3, -0.25) is 14.9 Å². The molecule has 0 radical (unpaired) electrons. The summed E-state index contributed by atoms with van der Waals surface area (Å²) < 4.78 is 0. The number of nitrogens with zero attached hydrogens (tertiary/aromatic N) is 3. The molecule has 0 aliphatic heterocycles. The Morgan fingerprint density at radius 2 is 2.09 bits per heavy atom. The van der Waals surface area contributed by atoms with Crippen LogP contribution in [0.3, 0.4) is 0 Å². The lowest BCUT2D eigenvalue weighted by Gasteiger charge is -2.01. The number of pyridine rings is 1. The topological polar surface area (TPSA) is 83.0 Å². The van der Waals surface area contributed by atoms with E-state index in [-0.39, 0.29) is 5.91 Å². The van der Waals surface area contributed by atoms with Gasteiger partial charge in [0.05, 0.1) is 18.1 Å². The molecule has 7 heteroatoms. The van der Waals surface area contributed by atoms with Gasteiger partial charge < -0.3 is 0 Å². The molecule has 0 aliphatic rings. The highest BCUT2D eigenvalue weighted by atomic mass is 35.5. The summed E-state index contributed by atoms with van der Waals surface area (Å²) in [6, 6.07) is 10.6. The summed E-state index contributed by atoms with van der Waals surface area (Å²) in [5.41, 5.74) is 5.34. The molecule has 2 aromatic heterocycles. The van der Waals surface area contributed by atoms with Crippen LogP contribution in [0.5, 0.6) is 0 Å². The van der Waals surface area contributed by atoms with Gasteiger partial charge in [-0.2, -0.15) is 10.2 Å². The van der Waals surface area contributed by atoms with Gasteiger partial charge in [0.2, 0.25) is 0 Å². The maximum absolute atomic E-state index is 11.9. The van der Waals surface area contributed by atoms with Gasteiger partial charge in [-0.15, -0.1) is 0 Å². The number of benzene rings is 1. The number of carbonyl (C=O) groups excluding carboxylic acids is 1. The number of H-pyrrole nitrogens is 1. The third kappa shape index (κ3) is 3.61. The normalized spacial score (nSPS) is 10.8. The Morgan fingerprint density at radius 3 is 2.87 bits per heavy atom. The number of rotatable bonds is 4. The van der Waals surface area contributed by atoms with Gasteiger partial charge in [-0.1, -0.05) is 23.7 Å². The van der Waals surface area contributed by atoms with Crippen molar-refractivity contribution in [3.8, 4) is 11.3 Å². The molecule has 0 saturated carbocycles. The number of hydrogen-bond donors (Lipinski definition) is 2. The van der Waals surface area contributed by atoms with Crippen molar-refractivity contribution in [3.05, 3.63) is 71.1 Å². The third-order valence-corrected chi connectivity index (χ3v) is 3.33. The first-order valence-electron chi connectivity index (χ1n) is 6.77. The number of hydrazone groups is 1. The minimum absolute atomic E-state index is 0.309. The highest BCUT2D eigenvalue weighted by Gasteiger charge is 2.07. The van der Waals surface area contributed by atoms with Crippen LogP contribution in [0.25, 0.3) is 11.3 Å². The molecular weight excluding hydrogens is 314 g/mol. The van der Waals surface area contributed by atoms with E-state index in [9.17, 15) is 4.79 Å². The zero-order valence-electron chi connectivity index (χ0n) is 11.9. The zero-order chi connectivity index (χ0) is 16.1. The van der Waals surface area contributed by atoms with Gasteiger partial charge in [0.1, 0.15) is 0 Å². The predicted octanol–water partition coefficient (Wildman–Crippen LogP) is 2.89. The standard InChI is InChI=1S/C16H12ClN5O/c17-14-3-1-2-12(8-14)15-13(9-19-21-15)10-20-22-16(23)11-4-6-18-7-5-11/h1-10H,(H,19,21)(H,22,23). The molecule has 0 saturated heterocycles. The number of aromatic nitrogens is 3. The molecule has 0 fully saturated rings. The van der Waals surface area contributed by atoms with Crippen LogP contribution in [-0.4, -0.2) is 27.3 Å². The van der Waals surface area contributed by atoms with Crippen molar-refractivity contribution in [3.63, 3.8) is 0 Å². The van der Waals surface area contributed by atoms with Crippen molar-refractivity contribution >= 4 is 23.7 Å². The number of amides is 1. The molecule has 0 atom stereocenters. The molecule has 2 N–H and O–H groups in total. The van der Waals surface area contributed by atoms with E-state index in [1.807, 2.05) is 18.2 Å². The summed E-state index contributed by atoms with van der Waals surface area (Å²) in [7, 11) is 0. The summed E-state index contributed by atoms with van der Waals surface area (Å²) in [5, 5.41) is 11.5. The van der Waals surface area contributed by atoms with Crippen LogP contribution in [0, 0.1) is 0 Å². The van der Waals surface area contributed by atoms with Crippen molar-refractivity contribution in [2.45, 2.75) is 0 Å². The highest BCUT2D eigenvalue weighted by Crippen LogP contribution is 2.22. The lowest BCUT2D eigenvalue weighted by Crippen LogP contribution is -2.17. The summed E-state index contributed by atoms with van der Waals surface area (Å²) in [4.78, 5) is 15.7. The van der Waals surface area contributed by atoms with E-state index in [2.05, 4.69) is 25.7 Å². The Morgan fingerprint density at radius 1 is 1.26 bits per heavy atom. The van der Waals surface area contributed by atoms with E-state index in [1.54, 1.807) is 36.8 Å². The summed E-state index contributed by atoms with van der Waals surface area (Å²) >= 11 is 6.00. The van der Waals surface area contributed by atoms with Crippen LogP contribution in [0.15, 0.2) is 60.1 Å². The fraction of sp³-hybridized carbons (Fsp3) is 0. The second-order valence-electron chi connectivity index (χ2n) is 4.65. The van der Waals surface area contributed by atoms with E-state index in [0.29, 0.717) is 10.6 Å². The first kappa shape index (κ1) is 14.9. The molecule has 1 aromatic carbocycles. The maximum Gasteiger partial charge on any atom is 0.271 e. The van der Waals surface area contributed by atoms with Gasteiger partial charge in [0.25, 0.3) is 5.91 Å². The van der Waals surface area contributed by atoms with Crippen LogP contribution in [0.4, 0.5) is 0 Å². The lowest BCUT2D eigenvalue weighted by molar-refractivity contribution is 0.0955. The average molecular weight is 326 g/mol. The zero-order valence-corrected chi connectivity index (χ0v) is 12.7. The van der Waals surface area contributed by atoms with E-state index in [0.717, 1.165) is 16.8 Å². The molecule has 2 heterocycles.